The monoisotopic (exact) mass is 463 g/mol. The first kappa shape index (κ1) is 22.7. The van der Waals surface area contributed by atoms with Crippen molar-refractivity contribution in [2.75, 3.05) is 23.8 Å². The normalized spacial score (nSPS) is 11.5. The van der Waals surface area contributed by atoms with Crippen LogP contribution in [0.1, 0.15) is 31.9 Å². The molecule has 0 fully saturated rings. The quantitative estimate of drug-likeness (QED) is 0.429. The zero-order valence-electron chi connectivity index (χ0n) is 19.6. The van der Waals surface area contributed by atoms with E-state index in [-0.39, 0.29) is 18.0 Å². The van der Waals surface area contributed by atoms with Gasteiger partial charge in [0.1, 0.15) is 5.69 Å². The Balaban J connectivity index is 1.55. The first-order chi connectivity index (χ1) is 15.7. The second-order valence-corrected chi connectivity index (χ2v) is 10.1. The SMILES string of the molecule is Cc1ccc(-c2nc3sc(N(C)CC(=O)NCc4cccnc4)nn3c2NC(C)(C)C)cc1. The molecular formula is C24H29N7OS. The number of nitrogens with one attached hydrogen (secondary N) is 2. The maximum Gasteiger partial charge on any atom is 0.239 e. The topological polar surface area (TPSA) is 87.5 Å². The van der Waals surface area contributed by atoms with E-state index in [1.165, 1.54) is 16.9 Å². The summed E-state index contributed by atoms with van der Waals surface area (Å²) in [5.41, 5.74) is 3.90. The Hall–Kier alpha value is -3.46. The highest BCUT2D eigenvalue weighted by molar-refractivity contribution is 7.20. The van der Waals surface area contributed by atoms with Crippen molar-refractivity contribution >= 4 is 33.2 Å². The smallest absolute Gasteiger partial charge is 0.239 e. The van der Waals surface area contributed by atoms with E-state index in [9.17, 15) is 4.79 Å². The van der Waals surface area contributed by atoms with Crippen molar-refractivity contribution < 1.29 is 4.79 Å². The molecule has 1 amide bonds. The molecule has 0 radical (unpaired) electrons. The number of carbonyl (C=O) groups excluding carboxylic acids is 1. The van der Waals surface area contributed by atoms with Gasteiger partial charge >= 0.3 is 0 Å². The molecule has 0 atom stereocenters. The Morgan fingerprint density at radius 2 is 1.94 bits per heavy atom. The average Bonchev–Trinajstić information content (AvgIpc) is 3.32. The molecule has 172 valence electrons. The van der Waals surface area contributed by atoms with Gasteiger partial charge < -0.3 is 15.5 Å². The summed E-state index contributed by atoms with van der Waals surface area (Å²) in [5.74, 6) is 0.765. The number of hydrogen-bond donors (Lipinski definition) is 2. The van der Waals surface area contributed by atoms with E-state index in [4.69, 9.17) is 10.1 Å². The molecule has 3 heterocycles. The first-order valence-electron chi connectivity index (χ1n) is 10.8. The summed E-state index contributed by atoms with van der Waals surface area (Å²) in [6.07, 6.45) is 3.46. The fourth-order valence-corrected chi connectivity index (χ4v) is 4.18. The molecule has 1 aromatic carbocycles. The molecule has 0 saturated heterocycles. The number of imidazole rings is 1. The van der Waals surface area contributed by atoms with Crippen LogP contribution in [0, 0.1) is 6.92 Å². The van der Waals surface area contributed by atoms with Crippen LogP contribution in [-0.2, 0) is 11.3 Å². The zero-order valence-corrected chi connectivity index (χ0v) is 20.4. The molecule has 4 rings (SSSR count). The van der Waals surface area contributed by atoms with Gasteiger partial charge in [0.15, 0.2) is 5.82 Å². The van der Waals surface area contributed by atoms with Crippen molar-refractivity contribution in [3.63, 3.8) is 0 Å². The Morgan fingerprint density at radius 1 is 1.18 bits per heavy atom. The molecule has 9 heteroatoms. The molecule has 0 spiro atoms. The Morgan fingerprint density at radius 3 is 2.61 bits per heavy atom. The molecule has 0 aliphatic carbocycles. The van der Waals surface area contributed by atoms with Crippen LogP contribution in [0.3, 0.4) is 0 Å². The van der Waals surface area contributed by atoms with Gasteiger partial charge in [-0.15, -0.1) is 5.10 Å². The lowest BCUT2D eigenvalue weighted by atomic mass is 10.1. The van der Waals surface area contributed by atoms with Gasteiger partial charge in [0, 0.05) is 37.1 Å². The molecule has 0 bridgehead atoms. The number of hydrogen-bond acceptors (Lipinski definition) is 7. The number of anilines is 2. The van der Waals surface area contributed by atoms with E-state index in [1.807, 2.05) is 28.6 Å². The van der Waals surface area contributed by atoms with E-state index >= 15 is 0 Å². The number of amides is 1. The Bertz CT molecular complexity index is 1240. The minimum Gasteiger partial charge on any atom is -0.364 e. The van der Waals surface area contributed by atoms with Crippen molar-refractivity contribution in [3.05, 3.63) is 59.9 Å². The van der Waals surface area contributed by atoms with E-state index < -0.39 is 0 Å². The summed E-state index contributed by atoms with van der Waals surface area (Å²) in [4.78, 5) is 24.0. The van der Waals surface area contributed by atoms with Gasteiger partial charge in [0.05, 0.1) is 6.54 Å². The van der Waals surface area contributed by atoms with Gasteiger partial charge in [0.2, 0.25) is 16.0 Å². The van der Waals surface area contributed by atoms with E-state index in [0.29, 0.717) is 6.54 Å². The van der Waals surface area contributed by atoms with Gasteiger partial charge in [-0.3, -0.25) is 9.78 Å². The van der Waals surface area contributed by atoms with Gasteiger partial charge in [0.25, 0.3) is 0 Å². The second-order valence-electron chi connectivity index (χ2n) is 9.12. The van der Waals surface area contributed by atoms with Crippen LogP contribution in [0.4, 0.5) is 10.9 Å². The summed E-state index contributed by atoms with van der Waals surface area (Å²) in [6.45, 7) is 9.04. The molecule has 0 saturated carbocycles. The van der Waals surface area contributed by atoms with Gasteiger partial charge in [-0.25, -0.2) is 4.98 Å². The molecule has 0 unspecified atom stereocenters. The Kier molecular flexibility index (Phi) is 6.33. The third-order valence-electron chi connectivity index (χ3n) is 4.93. The predicted octanol–water partition coefficient (Wildman–Crippen LogP) is 4.12. The number of likely N-dealkylation sites (N-methyl/N-ethyl adjacent to an activating group) is 1. The highest BCUT2D eigenvalue weighted by Crippen LogP contribution is 2.34. The summed E-state index contributed by atoms with van der Waals surface area (Å²) < 4.78 is 1.84. The highest BCUT2D eigenvalue weighted by Gasteiger charge is 2.23. The lowest BCUT2D eigenvalue weighted by Gasteiger charge is -2.22. The number of fused-ring (bicyclic) bond motifs is 1. The maximum atomic E-state index is 12.4. The predicted molar refractivity (Wildman–Crippen MR) is 134 cm³/mol. The molecule has 4 aromatic rings. The van der Waals surface area contributed by atoms with Crippen LogP contribution >= 0.6 is 11.3 Å². The van der Waals surface area contributed by atoms with E-state index in [0.717, 1.165) is 32.7 Å². The number of benzene rings is 1. The number of aryl methyl sites for hydroxylation is 1. The number of rotatable bonds is 7. The fraction of sp³-hybridized carbons (Fsp3) is 0.333. The van der Waals surface area contributed by atoms with Crippen molar-refractivity contribution in [1.29, 1.82) is 0 Å². The summed E-state index contributed by atoms with van der Waals surface area (Å²) in [6, 6.07) is 12.1. The van der Waals surface area contributed by atoms with Crippen molar-refractivity contribution in [2.24, 2.45) is 0 Å². The zero-order chi connectivity index (χ0) is 23.6. The number of carbonyl (C=O) groups is 1. The molecule has 8 nitrogen and oxygen atoms in total. The average molecular weight is 464 g/mol. The van der Waals surface area contributed by atoms with Crippen molar-refractivity contribution in [1.82, 2.24) is 24.9 Å². The third kappa shape index (κ3) is 5.48. The van der Waals surface area contributed by atoms with Crippen LogP contribution in [0.25, 0.3) is 16.2 Å². The standard InChI is InChI=1S/C24H29N7OS/c1-16-8-10-18(11-9-16)20-21(28-24(2,3)4)31-22(27-20)33-23(29-31)30(5)15-19(32)26-14-17-7-6-12-25-13-17/h6-13,28H,14-15H2,1-5H3,(H,26,32). The first-order valence-corrected chi connectivity index (χ1v) is 11.6. The van der Waals surface area contributed by atoms with Gasteiger partial charge in [-0.05, 0) is 39.3 Å². The van der Waals surface area contributed by atoms with Crippen molar-refractivity contribution in [2.45, 2.75) is 39.8 Å². The summed E-state index contributed by atoms with van der Waals surface area (Å²) in [5, 5.41) is 12.0. The summed E-state index contributed by atoms with van der Waals surface area (Å²) >= 11 is 1.46. The molecule has 3 aromatic heterocycles. The molecule has 0 aliphatic rings. The largest absolute Gasteiger partial charge is 0.364 e. The lowest BCUT2D eigenvalue weighted by molar-refractivity contribution is -0.119. The molecule has 0 aliphatic heterocycles. The number of nitrogens with zero attached hydrogens (tertiary/aromatic N) is 5. The van der Waals surface area contributed by atoms with Crippen LogP contribution in [0.5, 0.6) is 0 Å². The number of pyridine rings is 1. The van der Waals surface area contributed by atoms with E-state index in [1.54, 1.807) is 12.4 Å². The molecular weight excluding hydrogens is 434 g/mol. The fourth-order valence-electron chi connectivity index (χ4n) is 3.31. The van der Waals surface area contributed by atoms with Gasteiger partial charge in [-0.1, -0.05) is 47.2 Å². The molecule has 33 heavy (non-hydrogen) atoms. The second kappa shape index (κ2) is 9.19. The van der Waals surface area contributed by atoms with Crippen LogP contribution in [0.15, 0.2) is 48.8 Å². The lowest BCUT2D eigenvalue weighted by Crippen LogP contribution is -2.34. The van der Waals surface area contributed by atoms with E-state index in [2.05, 4.69) is 67.6 Å². The third-order valence-corrected chi connectivity index (χ3v) is 5.95. The highest BCUT2D eigenvalue weighted by atomic mass is 32.1. The number of aromatic nitrogens is 4. The van der Waals surface area contributed by atoms with Crippen LogP contribution < -0.4 is 15.5 Å². The van der Waals surface area contributed by atoms with Crippen molar-refractivity contribution in [3.8, 4) is 11.3 Å². The minimum absolute atomic E-state index is 0.0809. The van der Waals surface area contributed by atoms with Crippen LogP contribution in [0.2, 0.25) is 0 Å². The summed E-state index contributed by atoms with van der Waals surface area (Å²) in [7, 11) is 1.86. The Labute approximate surface area is 197 Å². The maximum absolute atomic E-state index is 12.4. The molecule has 2 N–H and O–H groups in total. The van der Waals surface area contributed by atoms with Gasteiger partial charge in [-0.2, -0.15) is 4.52 Å². The minimum atomic E-state index is -0.169. The van der Waals surface area contributed by atoms with Crippen LogP contribution in [-0.4, -0.2) is 44.6 Å².